The number of methoxy groups -OCH3 is 2. The first-order valence-corrected chi connectivity index (χ1v) is 48.9. The van der Waals surface area contributed by atoms with Gasteiger partial charge in [0.1, 0.15) is 11.5 Å². The Labute approximate surface area is 823 Å². The first-order valence-electron chi connectivity index (χ1n) is 48.9. The zero-order chi connectivity index (χ0) is 98.5. The molecule has 0 amide bonds. The van der Waals surface area contributed by atoms with E-state index in [-0.39, 0.29) is 38.4 Å². The van der Waals surface area contributed by atoms with Gasteiger partial charge in [-0.2, -0.15) is 0 Å². The fourth-order valence-corrected chi connectivity index (χ4v) is 22.4. The predicted molar refractivity (Wildman–Crippen MR) is 609 cm³/mol. The molecule has 0 spiro atoms. The molecule has 7 heteroatoms. The molecule has 25 aromatic rings. The molecular weight excluding hydrogens is 1720 g/mol. The molecule has 0 aliphatic carbocycles. The number of hydrogen-bond acceptors (Lipinski definition) is 5. The van der Waals surface area contributed by atoms with Crippen molar-refractivity contribution in [1.29, 1.82) is 0 Å². The van der Waals surface area contributed by atoms with Gasteiger partial charge in [0.05, 0.1) is 14.2 Å². The van der Waals surface area contributed by atoms with Gasteiger partial charge in [0.25, 0.3) is 11.1 Å². The standard InChI is InChI=1S/C44H34O2.C27H21NO.C24H20.C20H18.C19H22N2O/c1-44(2,3)33-18-23-42-40(21-16-29-10-8-12-31-26-34(45-4)19-24-36(29)31)38-14-6-7-15-39(38)41(43(42)28-33)22-17-30-11-9-13-32-27-35(46-5)20-25-37(30)32;1-15-17-11-12-20-18-9-5-7-16-8-6-10-19(23(16)18)21-13-14-22(24(17)25(20)21)26(29)28(15)27(2,3)4;1-24(2,3)21-14-13-19-17-10-5-8-15-7-4-9-16(22(15)17)18-11-6-12-20(21)23(18)19;1-20(2,3)17-12-10-15-8-7-13-5-4-6-14-9-11-16(17)19(15)18(13)14;1-12-13-10-11-16(20(5)6)14-8-7-9-15(17(13)14)18(22)21(12)19(2,3)4/h6-15,18-20,23-28H,1-5H3;5-14H,1H2,2-4H3;4-14H,1-3H3;4-12H,1-3H3;7-11H,1H2,2-6H3. The van der Waals surface area contributed by atoms with E-state index in [9.17, 15) is 9.59 Å². The van der Waals surface area contributed by atoms with E-state index >= 15 is 0 Å². The number of benzene rings is 23. The van der Waals surface area contributed by atoms with Crippen molar-refractivity contribution in [3.8, 4) is 35.2 Å². The average molecular weight is 1830 g/mol. The quantitative estimate of drug-likeness (QED) is 0.100. The second-order valence-corrected chi connectivity index (χ2v) is 43.2. The lowest BCUT2D eigenvalue weighted by Crippen LogP contribution is -2.43. The fraction of sp³-hybridized carbons (Fsp3) is 0.179. The Bertz CT molecular complexity index is 9610. The summed E-state index contributed by atoms with van der Waals surface area (Å²) in [6, 6.07) is 117. The van der Waals surface area contributed by atoms with Gasteiger partial charge < -0.3 is 23.5 Å². The van der Waals surface area contributed by atoms with Crippen LogP contribution in [-0.2, 0) is 27.3 Å². The minimum Gasteiger partial charge on any atom is -0.497 e. The van der Waals surface area contributed by atoms with Crippen LogP contribution in [0.3, 0.4) is 0 Å². The Hall–Kier alpha value is -16.1. The molecule has 0 aliphatic rings. The number of nitrogens with zero attached hydrogens (tertiary/aromatic N) is 3. The van der Waals surface area contributed by atoms with Crippen LogP contribution in [0.4, 0.5) is 5.69 Å². The lowest BCUT2D eigenvalue weighted by molar-refractivity contribution is 0.379. The molecule has 23 aromatic carbocycles. The van der Waals surface area contributed by atoms with Crippen LogP contribution in [0.5, 0.6) is 11.5 Å². The van der Waals surface area contributed by atoms with Crippen molar-refractivity contribution in [3.05, 3.63) is 398 Å². The second kappa shape index (κ2) is 34.5. The van der Waals surface area contributed by atoms with Gasteiger partial charge >= 0.3 is 0 Å². The summed E-state index contributed by atoms with van der Waals surface area (Å²) >= 11 is 0. The van der Waals surface area contributed by atoms with E-state index in [0.717, 1.165) is 131 Å². The number of fused-ring (bicyclic) bond motifs is 8. The van der Waals surface area contributed by atoms with Gasteiger partial charge in [0.15, 0.2) is 0 Å². The summed E-state index contributed by atoms with van der Waals surface area (Å²) in [6.07, 6.45) is 0. The van der Waals surface area contributed by atoms with E-state index in [1.807, 2.05) is 69.8 Å². The summed E-state index contributed by atoms with van der Waals surface area (Å²) in [6.45, 7) is 41.3. The van der Waals surface area contributed by atoms with Crippen molar-refractivity contribution in [3.63, 3.8) is 0 Å². The Kier molecular flexibility index (Phi) is 22.4. The van der Waals surface area contributed by atoms with E-state index in [1.54, 1.807) is 18.8 Å². The highest BCUT2D eigenvalue weighted by molar-refractivity contribution is 6.37. The molecule has 0 radical (unpaired) electrons. The molecule has 2 aromatic heterocycles. The predicted octanol–water partition coefficient (Wildman–Crippen LogP) is 32.4. The molecule has 0 saturated heterocycles. The molecule has 7 nitrogen and oxygen atoms in total. The van der Waals surface area contributed by atoms with Crippen LogP contribution >= 0.6 is 0 Å². The molecule has 690 valence electrons. The van der Waals surface area contributed by atoms with E-state index in [2.05, 4.69) is 422 Å². The van der Waals surface area contributed by atoms with Crippen molar-refractivity contribution >= 4 is 213 Å². The molecule has 0 atom stereocenters. The normalized spacial score (nSPS) is 12.2. The van der Waals surface area contributed by atoms with Crippen LogP contribution < -0.4 is 36.2 Å². The fourth-order valence-electron chi connectivity index (χ4n) is 22.4. The minimum atomic E-state index is -0.329. The Morgan fingerprint density at radius 1 is 0.248 bits per heavy atom. The van der Waals surface area contributed by atoms with E-state index in [0.29, 0.717) is 0 Å². The highest BCUT2D eigenvalue weighted by Gasteiger charge is 2.28. The van der Waals surface area contributed by atoms with Crippen molar-refractivity contribution in [1.82, 2.24) is 9.13 Å². The Morgan fingerprint density at radius 2 is 0.560 bits per heavy atom. The van der Waals surface area contributed by atoms with Crippen LogP contribution in [0.25, 0.3) is 207 Å². The maximum atomic E-state index is 13.5. The van der Waals surface area contributed by atoms with Gasteiger partial charge in [0.2, 0.25) is 0 Å². The highest BCUT2D eigenvalue weighted by atomic mass is 16.5. The maximum Gasteiger partial charge on any atom is 0.259 e. The summed E-state index contributed by atoms with van der Waals surface area (Å²) in [5.74, 6) is 16.0. The zero-order valence-electron chi connectivity index (χ0n) is 84.1. The minimum absolute atomic E-state index is 0.0188. The summed E-state index contributed by atoms with van der Waals surface area (Å²) in [5, 5.41) is 45.1. The van der Waals surface area contributed by atoms with Gasteiger partial charge in [-0.15, -0.1) is 0 Å². The second-order valence-electron chi connectivity index (χ2n) is 43.2. The van der Waals surface area contributed by atoms with Crippen molar-refractivity contribution in [2.24, 2.45) is 0 Å². The van der Waals surface area contributed by atoms with Crippen LogP contribution in [-0.4, -0.2) is 37.4 Å². The smallest absolute Gasteiger partial charge is 0.259 e. The third-order valence-electron chi connectivity index (χ3n) is 28.9. The molecule has 0 N–H and O–H groups in total. The van der Waals surface area contributed by atoms with E-state index in [1.165, 1.54) is 130 Å². The third-order valence-corrected chi connectivity index (χ3v) is 28.9. The molecule has 141 heavy (non-hydrogen) atoms. The summed E-state index contributed by atoms with van der Waals surface area (Å²) in [4.78, 5) is 28.6. The Morgan fingerprint density at radius 3 is 1.05 bits per heavy atom. The largest absolute Gasteiger partial charge is 0.497 e. The highest BCUT2D eigenvalue weighted by Crippen LogP contribution is 2.48. The van der Waals surface area contributed by atoms with Gasteiger partial charge in [0, 0.05) is 102 Å². The summed E-state index contributed by atoms with van der Waals surface area (Å²) in [7, 11) is 7.43. The number of anilines is 1. The SMILES string of the molecule is C=c1c2ccc(N(C)C)c3cccc(c(=O)n1C(C)(C)C)c32.C=c1c2ccc3c4cccc5cccc(c6ccc(c(=O)n1C(C)(C)C)c2c36)c54.CC(C)(C)c1ccc2c3cccc4cccc(c5cccc1c52)c43.CC(C)(C)c1ccc2ccc3cccc4ccc1c2c34.COc1ccc2c(C#Cc3c4ccccc4c(C#Cc4cccc5cc(OC)ccc45)c4cc(C(C)(C)C)ccc34)cccc2c1. The molecule has 0 aliphatic heterocycles. The topological polar surface area (TPSA) is 65.7 Å². The van der Waals surface area contributed by atoms with Gasteiger partial charge in [-0.05, 0) is 303 Å². The number of hydrogen-bond donors (Lipinski definition) is 0. The molecule has 25 rings (SSSR count). The number of ether oxygens (including phenoxy) is 2. The van der Waals surface area contributed by atoms with Crippen LogP contribution in [0.1, 0.15) is 143 Å². The van der Waals surface area contributed by atoms with Crippen molar-refractivity contribution in [2.75, 3.05) is 33.2 Å². The molecule has 0 saturated carbocycles. The molecule has 0 fully saturated rings. The van der Waals surface area contributed by atoms with Gasteiger partial charge in [-0.1, -0.05) is 354 Å². The number of rotatable bonds is 3. The first kappa shape index (κ1) is 91.4. The lowest BCUT2D eigenvalue weighted by atomic mass is 9.80. The van der Waals surface area contributed by atoms with E-state index in [4.69, 9.17) is 9.47 Å². The number of pyridine rings is 2. The first-order chi connectivity index (χ1) is 67.6. The monoisotopic (exact) mass is 1830 g/mol. The average Bonchev–Trinajstić information content (AvgIpc) is 0.698. The molecule has 0 bridgehead atoms. The zero-order valence-corrected chi connectivity index (χ0v) is 84.1. The Balaban J connectivity index is 0.000000108. The van der Waals surface area contributed by atoms with Gasteiger partial charge in [-0.3, -0.25) is 9.59 Å². The third kappa shape index (κ3) is 15.7. The molecule has 0 unspecified atom stereocenters. The molecular formula is C134H115N3O4. The van der Waals surface area contributed by atoms with E-state index < -0.39 is 0 Å². The lowest BCUT2D eigenvalue weighted by Gasteiger charge is -2.25. The summed E-state index contributed by atoms with van der Waals surface area (Å²) in [5.41, 5.74) is 8.98. The van der Waals surface area contributed by atoms with Crippen LogP contribution in [0, 0.1) is 23.7 Å². The number of aromatic nitrogens is 2. The molecule has 2 heterocycles. The maximum absolute atomic E-state index is 13.5. The van der Waals surface area contributed by atoms with Crippen LogP contribution in [0.2, 0.25) is 0 Å². The summed E-state index contributed by atoms with van der Waals surface area (Å²) < 4.78 is 14.6. The van der Waals surface area contributed by atoms with Crippen molar-refractivity contribution < 1.29 is 9.47 Å². The van der Waals surface area contributed by atoms with Gasteiger partial charge in [-0.25, -0.2) is 0 Å². The van der Waals surface area contributed by atoms with Crippen LogP contribution in [0.15, 0.2) is 337 Å². The van der Waals surface area contributed by atoms with Crippen molar-refractivity contribution in [2.45, 2.75) is 131 Å².